The van der Waals surface area contributed by atoms with Crippen molar-refractivity contribution in [2.45, 2.75) is 6.92 Å². The van der Waals surface area contributed by atoms with Gasteiger partial charge in [0.1, 0.15) is 0 Å². The fraction of sp³-hybridized carbons (Fsp3) is 0.357. The molecule has 1 N–H and O–H groups in total. The van der Waals surface area contributed by atoms with Crippen molar-refractivity contribution in [3.05, 3.63) is 33.9 Å². The van der Waals surface area contributed by atoms with Crippen molar-refractivity contribution in [2.75, 3.05) is 31.1 Å². The molecule has 1 aromatic heterocycles. The molecule has 100 valence electrons. The predicted molar refractivity (Wildman–Crippen MR) is 81.6 cm³/mol. The number of nitrogens with one attached hydrogen (secondary N) is 1. The number of hydrogen-bond donors (Lipinski definition) is 1. The minimum Gasteiger partial charge on any atom is -0.367 e. The first-order valence-corrected chi connectivity index (χ1v) is 7.12. The van der Waals surface area contributed by atoms with Crippen LogP contribution in [0.15, 0.2) is 18.3 Å². The van der Waals surface area contributed by atoms with Gasteiger partial charge in [-0.05, 0) is 24.6 Å². The molecule has 0 aliphatic carbocycles. The van der Waals surface area contributed by atoms with Crippen molar-refractivity contribution in [1.82, 2.24) is 10.3 Å². The normalized spacial score (nSPS) is 16.1. The Morgan fingerprint density at radius 2 is 1.89 bits per heavy atom. The Labute approximate surface area is 122 Å². The summed E-state index contributed by atoms with van der Waals surface area (Å²) in [6, 6.07) is 4.05. The summed E-state index contributed by atoms with van der Waals surface area (Å²) in [5.41, 5.74) is 3.00. The zero-order valence-electron chi connectivity index (χ0n) is 10.7. The second kappa shape index (κ2) is 5.16. The van der Waals surface area contributed by atoms with E-state index in [9.17, 15) is 0 Å². The molecule has 0 unspecified atom stereocenters. The molecule has 5 heteroatoms. The van der Waals surface area contributed by atoms with Crippen molar-refractivity contribution in [2.24, 2.45) is 0 Å². The second-order valence-corrected chi connectivity index (χ2v) is 5.65. The number of rotatable bonds is 1. The molecule has 0 bridgehead atoms. The zero-order chi connectivity index (χ0) is 13.4. The van der Waals surface area contributed by atoms with Gasteiger partial charge in [0, 0.05) is 37.8 Å². The van der Waals surface area contributed by atoms with Crippen molar-refractivity contribution in [3.8, 4) is 0 Å². The van der Waals surface area contributed by atoms with E-state index in [1.807, 2.05) is 13.0 Å². The van der Waals surface area contributed by atoms with Gasteiger partial charge in [-0.2, -0.15) is 0 Å². The van der Waals surface area contributed by atoms with Crippen LogP contribution in [0.3, 0.4) is 0 Å². The standard InChI is InChI=1S/C14H15Cl2N3/c1-9-6-10-13(11(15)7-9)18-8-12(16)14(10)19-4-2-17-3-5-19/h6-8,17H,2-5H2,1H3. The maximum absolute atomic E-state index is 6.37. The van der Waals surface area contributed by atoms with Crippen LogP contribution in [0.2, 0.25) is 10.0 Å². The number of nitrogens with zero attached hydrogens (tertiary/aromatic N) is 2. The van der Waals surface area contributed by atoms with E-state index in [1.165, 1.54) is 0 Å². The molecule has 1 saturated heterocycles. The average Bonchev–Trinajstić information content (AvgIpc) is 2.39. The maximum Gasteiger partial charge on any atom is 0.0910 e. The van der Waals surface area contributed by atoms with Crippen LogP contribution in [0.25, 0.3) is 10.9 Å². The smallest absolute Gasteiger partial charge is 0.0910 e. The lowest BCUT2D eigenvalue weighted by molar-refractivity contribution is 0.590. The maximum atomic E-state index is 6.37. The van der Waals surface area contributed by atoms with Gasteiger partial charge in [-0.15, -0.1) is 0 Å². The number of aryl methyl sites for hydroxylation is 1. The van der Waals surface area contributed by atoms with Crippen LogP contribution >= 0.6 is 23.2 Å². The average molecular weight is 296 g/mol. The molecule has 0 radical (unpaired) electrons. The lowest BCUT2D eigenvalue weighted by atomic mass is 10.1. The highest BCUT2D eigenvalue weighted by Gasteiger charge is 2.18. The van der Waals surface area contributed by atoms with E-state index in [-0.39, 0.29) is 0 Å². The molecule has 0 amide bonds. The summed E-state index contributed by atoms with van der Waals surface area (Å²) in [6.45, 7) is 5.88. The first-order valence-electron chi connectivity index (χ1n) is 6.37. The van der Waals surface area contributed by atoms with Gasteiger partial charge >= 0.3 is 0 Å². The summed E-state index contributed by atoms with van der Waals surface area (Å²) in [6.07, 6.45) is 1.70. The highest BCUT2D eigenvalue weighted by molar-refractivity contribution is 6.37. The van der Waals surface area contributed by atoms with E-state index in [0.29, 0.717) is 10.0 Å². The van der Waals surface area contributed by atoms with Gasteiger partial charge in [0.25, 0.3) is 0 Å². The Morgan fingerprint density at radius 1 is 1.16 bits per heavy atom. The van der Waals surface area contributed by atoms with E-state index < -0.39 is 0 Å². The first kappa shape index (κ1) is 13.0. The SMILES string of the molecule is Cc1cc(Cl)c2ncc(Cl)c(N3CCNCC3)c2c1. The molecule has 0 saturated carbocycles. The van der Waals surface area contributed by atoms with Gasteiger partial charge in [0.15, 0.2) is 0 Å². The Balaban J connectivity index is 2.23. The molecule has 1 fully saturated rings. The molecular weight excluding hydrogens is 281 g/mol. The molecule has 0 atom stereocenters. The number of benzene rings is 1. The summed E-state index contributed by atoms with van der Waals surface area (Å²) in [4.78, 5) is 6.67. The molecule has 2 heterocycles. The molecule has 19 heavy (non-hydrogen) atoms. The fourth-order valence-corrected chi connectivity index (χ4v) is 3.16. The van der Waals surface area contributed by atoms with Gasteiger partial charge < -0.3 is 10.2 Å². The quantitative estimate of drug-likeness (QED) is 0.875. The van der Waals surface area contributed by atoms with E-state index in [1.54, 1.807) is 6.20 Å². The summed E-state index contributed by atoms with van der Waals surface area (Å²) in [7, 11) is 0. The fourth-order valence-electron chi connectivity index (χ4n) is 2.57. The Bertz CT molecular complexity index is 622. The molecule has 3 rings (SSSR count). The minimum atomic E-state index is 0.683. The number of anilines is 1. The van der Waals surface area contributed by atoms with Crippen molar-refractivity contribution in [1.29, 1.82) is 0 Å². The lowest BCUT2D eigenvalue weighted by Crippen LogP contribution is -2.43. The molecule has 1 aliphatic rings. The molecule has 1 aliphatic heterocycles. The summed E-state index contributed by atoms with van der Waals surface area (Å²) >= 11 is 12.7. The Kier molecular flexibility index (Phi) is 3.52. The zero-order valence-corrected chi connectivity index (χ0v) is 12.2. The first-order chi connectivity index (χ1) is 9.16. The van der Waals surface area contributed by atoms with Crippen LogP contribution in [-0.4, -0.2) is 31.2 Å². The second-order valence-electron chi connectivity index (χ2n) is 4.83. The van der Waals surface area contributed by atoms with Crippen LogP contribution in [-0.2, 0) is 0 Å². The van der Waals surface area contributed by atoms with Gasteiger partial charge in [-0.3, -0.25) is 4.98 Å². The summed E-state index contributed by atoms with van der Waals surface area (Å²) < 4.78 is 0. The van der Waals surface area contributed by atoms with E-state index >= 15 is 0 Å². The van der Waals surface area contributed by atoms with E-state index in [0.717, 1.165) is 48.3 Å². The summed E-state index contributed by atoms with van der Waals surface area (Å²) in [5.74, 6) is 0. The van der Waals surface area contributed by atoms with Crippen LogP contribution in [0.5, 0.6) is 0 Å². The molecule has 3 nitrogen and oxygen atoms in total. The predicted octanol–water partition coefficient (Wildman–Crippen LogP) is 3.26. The number of hydrogen-bond acceptors (Lipinski definition) is 3. The number of aromatic nitrogens is 1. The number of halogens is 2. The van der Waals surface area contributed by atoms with Gasteiger partial charge in [-0.1, -0.05) is 23.2 Å². The van der Waals surface area contributed by atoms with Crippen molar-refractivity contribution in [3.63, 3.8) is 0 Å². The third-order valence-corrected chi connectivity index (χ3v) is 3.99. The molecular formula is C14H15Cl2N3. The lowest BCUT2D eigenvalue weighted by Gasteiger charge is -2.31. The summed E-state index contributed by atoms with van der Waals surface area (Å²) in [5, 5.41) is 5.76. The van der Waals surface area contributed by atoms with Crippen molar-refractivity contribution < 1.29 is 0 Å². The third-order valence-electron chi connectivity index (χ3n) is 3.43. The van der Waals surface area contributed by atoms with E-state index in [4.69, 9.17) is 23.2 Å². The third kappa shape index (κ3) is 2.38. The number of pyridine rings is 1. The topological polar surface area (TPSA) is 28.2 Å². The monoisotopic (exact) mass is 295 g/mol. The van der Waals surface area contributed by atoms with Crippen LogP contribution in [0.4, 0.5) is 5.69 Å². The highest BCUT2D eigenvalue weighted by atomic mass is 35.5. The van der Waals surface area contributed by atoms with Gasteiger partial charge in [0.2, 0.25) is 0 Å². The molecule has 2 aromatic rings. The largest absolute Gasteiger partial charge is 0.367 e. The van der Waals surface area contributed by atoms with Gasteiger partial charge in [0.05, 0.1) is 21.2 Å². The Hall–Kier alpha value is -1.03. The number of fused-ring (bicyclic) bond motifs is 1. The van der Waals surface area contributed by atoms with Crippen LogP contribution in [0.1, 0.15) is 5.56 Å². The van der Waals surface area contributed by atoms with Crippen molar-refractivity contribution >= 4 is 39.8 Å². The highest BCUT2D eigenvalue weighted by Crippen LogP contribution is 2.36. The van der Waals surface area contributed by atoms with E-state index in [2.05, 4.69) is 21.3 Å². The Morgan fingerprint density at radius 3 is 2.63 bits per heavy atom. The molecule has 1 aromatic carbocycles. The van der Waals surface area contributed by atoms with Crippen LogP contribution < -0.4 is 10.2 Å². The van der Waals surface area contributed by atoms with Gasteiger partial charge in [-0.25, -0.2) is 0 Å². The van der Waals surface area contributed by atoms with Crippen LogP contribution in [0, 0.1) is 6.92 Å². The molecule has 0 spiro atoms. The number of piperazine rings is 1. The minimum absolute atomic E-state index is 0.683.